The number of carbonyl (C=O) groups is 2. The molecule has 1 aromatic carbocycles. The maximum absolute atomic E-state index is 12.0. The molecule has 0 spiro atoms. The number of amides is 1. The highest BCUT2D eigenvalue weighted by atomic mass is 79.9. The standard InChI is InChI=1S/C13H16BrNO3S/c1-13(2,19-3)7-15-11(16)8-4-9(12(17)18)6-10(14)5-8/h4-6H,7H2,1-3H3,(H,15,16)(H,17,18). The number of hydrogen-bond acceptors (Lipinski definition) is 3. The molecule has 0 saturated heterocycles. The van der Waals surface area contributed by atoms with E-state index in [1.807, 2.05) is 20.1 Å². The van der Waals surface area contributed by atoms with Gasteiger partial charge in [0.1, 0.15) is 0 Å². The summed E-state index contributed by atoms with van der Waals surface area (Å²) in [5.74, 6) is -1.33. The van der Waals surface area contributed by atoms with Crippen molar-refractivity contribution < 1.29 is 14.7 Å². The van der Waals surface area contributed by atoms with Crippen LogP contribution >= 0.6 is 27.7 Å². The molecule has 1 aromatic rings. The van der Waals surface area contributed by atoms with Gasteiger partial charge in [-0.05, 0) is 38.3 Å². The second-order valence-corrected chi connectivity index (χ2v) is 7.11. The predicted octanol–water partition coefficient (Wildman–Crippen LogP) is 3.02. The molecule has 1 rings (SSSR count). The summed E-state index contributed by atoms with van der Waals surface area (Å²) in [4.78, 5) is 22.9. The lowest BCUT2D eigenvalue weighted by Crippen LogP contribution is -2.36. The molecular formula is C13H16BrNO3S. The summed E-state index contributed by atoms with van der Waals surface area (Å²) in [7, 11) is 0. The van der Waals surface area contributed by atoms with Crippen LogP contribution in [0, 0.1) is 0 Å². The summed E-state index contributed by atoms with van der Waals surface area (Å²) in [6.45, 7) is 4.57. The highest BCUT2D eigenvalue weighted by Crippen LogP contribution is 2.20. The monoisotopic (exact) mass is 345 g/mol. The summed E-state index contributed by atoms with van der Waals surface area (Å²) in [5, 5.41) is 11.8. The minimum atomic E-state index is -1.06. The van der Waals surface area contributed by atoms with Crippen molar-refractivity contribution >= 4 is 39.6 Å². The average Bonchev–Trinajstić information content (AvgIpc) is 2.35. The van der Waals surface area contributed by atoms with E-state index in [0.717, 1.165) is 0 Å². The molecule has 0 aliphatic carbocycles. The van der Waals surface area contributed by atoms with E-state index in [4.69, 9.17) is 5.11 Å². The maximum Gasteiger partial charge on any atom is 0.335 e. The smallest absolute Gasteiger partial charge is 0.335 e. The van der Waals surface area contributed by atoms with Crippen LogP contribution in [0.1, 0.15) is 34.6 Å². The van der Waals surface area contributed by atoms with Crippen molar-refractivity contribution in [2.75, 3.05) is 12.8 Å². The Bertz CT molecular complexity index is 503. The highest BCUT2D eigenvalue weighted by molar-refractivity contribution is 9.10. The van der Waals surface area contributed by atoms with E-state index in [1.165, 1.54) is 12.1 Å². The third-order valence-electron chi connectivity index (χ3n) is 2.63. The molecule has 19 heavy (non-hydrogen) atoms. The van der Waals surface area contributed by atoms with E-state index in [-0.39, 0.29) is 16.2 Å². The molecule has 2 N–H and O–H groups in total. The number of carboxylic acids is 1. The topological polar surface area (TPSA) is 66.4 Å². The van der Waals surface area contributed by atoms with Crippen LogP contribution < -0.4 is 5.32 Å². The SMILES string of the molecule is CSC(C)(C)CNC(=O)c1cc(Br)cc(C(=O)O)c1. The van der Waals surface area contributed by atoms with Crippen molar-refractivity contribution in [3.8, 4) is 0 Å². The van der Waals surface area contributed by atoms with Crippen molar-refractivity contribution in [3.05, 3.63) is 33.8 Å². The van der Waals surface area contributed by atoms with E-state index < -0.39 is 5.97 Å². The fourth-order valence-corrected chi connectivity index (χ4v) is 2.02. The third kappa shape index (κ3) is 4.87. The Labute approximate surface area is 125 Å². The number of carboxylic acid groups (broad SMARTS) is 1. The summed E-state index contributed by atoms with van der Waals surface area (Å²) >= 11 is 4.86. The minimum absolute atomic E-state index is 0.0582. The van der Waals surface area contributed by atoms with Gasteiger partial charge in [0.15, 0.2) is 0 Å². The van der Waals surface area contributed by atoms with Gasteiger partial charge in [-0.2, -0.15) is 11.8 Å². The quantitative estimate of drug-likeness (QED) is 0.860. The molecule has 0 radical (unpaired) electrons. The van der Waals surface area contributed by atoms with Crippen LogP contribution in [0.3, 0.4) is 0 Å². The van der Waals surface area contributed by atoms with Crippen LogP contribution in [-0.4, -0.2) is 34.5 Å². The van der Waals surface area contributed by atoms with Gasteiger partial charge in [-0.3, -0.25) is 4.79 Å². The van der Waals surface area contributed by atoms with E-state index in [2.05, 4.69) is 21.2 Å². The number of carbonyl (C=O) groups excluding carboxylic acids is 1. The molecule has 4 nitrogen and oxygen atoms in total. The Kier molecular flexibility index (Phi) is 5.43. The molecule has 6 heteroatoms. The molecule has 0 aromatic heterocycles. The zero-order valence-corrected chi connectivity index (χ0v) is 13.4. The number of nitrogens with one attached hydrogen (secondary N) is 1. The van der Waals surface area contributed by atoms with E-state index >= 15 is 0 Å². The van der Waals surface area contributed by atoms with Crippen molar-refractivity contribution in [2.45, 2.75) is 18.6 Å². The lowest BCUT2D eigenvalue weighted by atomic mass is 10.1. The van der Waals surface area contributed by atoms with Crippen LogP contribution in [-0.2, 0) is 0 Å². The Hall–Kier alpha value is -1.01. The number of aromatic carboxylic acids is 1. The number of halogens is 1. The summed E-state index contributed by atoms with van der Waals surface area (Å²) in [5.41, 5.74) is 0.423. The van der Waals surface area contributed by atoms with Crippen molar-refractivity contribution in [3.63, 3.8) is 0 Å². The summed E-state index contributed by atoms with van der Waals surface area (Å²) < 4.78 is 0.513. The zero-order valence-electron chi connectivity index (χ0n) is 11.0. The molecule has 0 unspecified atom stereocenters. The lowest BCUT2D eigenvalue weighted by molar-refractivity contribution is 0.0697. The van der Waals surface area contributed by atoms with Gasteiger partial charge >= 0.3 is 5.97 Å². The molecular weight excluding hydrogens is 330 g/mol. The maximum atomic E-state index is 12.0. The molecule has 0 bridgehead atoms. The second kappa shape index (κ2) is 6.43. The molecule has 1 amide bonds. The van der Waals surface area contributed by atoms with Gasteiger partial charge in [-0.15, -0.1) is 0 Å². The van der Waals surface area contributed by atoms with Gasteiger partial charge < -0.3 is 10.4 Å². The first kappa shape index (κ1) is 16.0. The Morgan fingerprint density at radius 3 is 2.42 bits per heavy atom. The number of thioether (sulfide) groups is 1. The fraction of sp³-hybridized carbons (Fsp3) is 0.385. The van der Waals surface area contributed by atoms with Gasteiger partial charge in [0, 0.05) is 21.3 Å². The zero-order chi connectivity index (χ0) is 14.6. The molecule has 0 atom stereocenters. The van der Waals surface area contributed by atoms with Crippen LogP contribution in [0.15, 0.2) is 22.7 Å². The van der Waals surface area contributed by atoms with Gasteiger partial charge in [0.2, 0.25) is 0 Å². The second-order valence-electron chi connectivity index (χ2n) is 4.68. The number of rotatable bonds is 5. The lowest BCUT2D eigenvalue weighted by Gasteiger charge is -2.22. The summed E-state index contributed by atoms with van der Waals surface area (Å²) in [6, 6.07) is 4.44. The number of benzene rings is 1. The van der Waals surface area contributed by atoms with E-state index in [0.29, 0.717) is 16.6 Å². The molecule has 0 aliphatic rings. The van der Waals surface area contributed by atoms with E-state index in [9.17, 15) is 9.59 Å². The highest BCUT2D eigenvalue weighted by Gasteiger charge is 2.18. The van der Waals surface area contributed by atoms with Gasteiger partial charge in [-0.1, -0.05) is 15.9 Å². The Morgan fingerprint density at radius 2 is 1.89 bits per heavy atom. The third-order valence-corrected chi connectivity index (χ3v) is 4.34. The van der Waals surface area contributed by atoms with Crippen molar-refractivity contribution in [1.82, 2.24) is 5.32 Å². The van der Waals surface area contributed by atoms with Crippen molar-refractivity contribution in [1.29, 1.82) is 0 Å². The molecule has 0 aliphatic heterocycles. The van der Waals surface area contributed by atoms with Gasteiger partial charge in [0.05, 0.1) is 5.56 Å². The molecule has 0 saturated carbocycles. The van der Waals surface area contributed by atoms with E-state index in [1.54, 1.807) is 17.8 Å². The summed E-state index contributed by atoms with van der Waals surface area (Å²) in [6.07, 6.45) is 1.98. The van der Waals surface area contributed by atoms with Crippen LogP contribution in [0.2, 0.25) is 0 Å². The fourth-order valence-electron chi connectivity index (χ4n) is 1.31. The minimum Gasteiger partial charge on any atom is -0.478 e. The van der Waals surface area contributed by atoms with Crippen LogP contribution in [0.25, 0.3) is 0 Å². The van der Waals surface area contributed by atoms with Crippen LogP contribution in [0.4, 0.5) is 0 Å². The first-order valence-electron chi connectivity index (χ1n) is 5.62. The average molecular weight is 346 g/mol. The first-order valence-corrected chi connectivity index (χ1v) is 7.64. The first-order chi connectivity index (χ1) is 8.75. The molecule has 104 valence electrons. The Morgan fingerprint density at radius 1 is 1.32 bits per heavy atom. The van der Waals surface area contributed by atoms with Gasteiger partial charge in [0.25, 0.3) is 5.91 Å². The van der Waals surface area contributed by atoms with Crippen LogP contribution in [0.5, 0.6) is 0 Å². The van der Waals surface area contributed by atoms with Crippen molar-refractivity contribution in [2.24, 2.45) is 0 Å². The predicted molar refractivity (Wildman–Crippen MR) is 81.0 cm³/mol. The normalized spacial score (nSPS) is 11.2. The number of hydrogen-bond donors (Lipinski definition) is 2. The Balaban J connectivity index is 2.85. The van der Waals surface area contributed by atoms with Gasteiger partial charge in [-0.25, -0.2) is 4.79 Å². The molecule has 0 heterocycles. The largest absolute Gasteiger partial charge is 0.478 e. The molecule has 0 fully saturated rings.